The van der Waals surface area contributed by atoms with Crippen molar-refractivity contribution in [2.75, 3.05) is 23.3 Å². The third-order valence-corrected chi connectivity index (χ3v) is 5.01. The van der Waals surface area contributed by atoms with Gasteiger partial charge in [-0.05, 0) is 44.6 Å². The summed E-state index contributed by atoms with van der Waals surface area (Å²) in [5.41, 5.74) is 2.37. The Morgan fingerprint density at radius 1 is 1.07 bits per heavy atom. The van der Waals surface area contributed by atoms with Crippen LogP contribution in [-0.2, 0) is 6.42 Å². The molecule has 1 saturated heterocycles. The minimum atomic E-state index is 0.560. The highest BCUT2D eigenvalue weighted by Gasteiger charge is 2.21. The minimum absolute atomic E-state index is 0.560. The lowest BCUT2D eigenvalue weighted by molar-refractivity contribution is 0.400. The molecular formula is C21H25N5O. The van der Waals surface area contributed by atoms with Gasteiger partial charge in [0.2, 0.25) is 5.95 Å². The van der Waals surface area contributed by atoms with Gasteiger partial charge < -0.3 is 14.7 Å². The summed E-state index contributed by atoms with van der Waals surface area (Å²) in [4.78, 5) is 11.5. The van der Waals surface area contributed by atoms with E-state index in [0.29, 0.717) is 11.8 Å². The van der Waals surface area contributed by atoms with E-state index in [1.807, 2.05) is 19.9 Å². The van der Waals surface area contributed by atoms with Crippen LogP contribution in [0.15, 0.2) is 47.0 Å². The highest BCUT2D eigenvalue weighted by molar-refractivity contribution is 5.52. The van der Waals surface area contributed by atoms with Crippen molar-refractivity contribution < 1.29 is 4.52 Å². The number of hydrogen-bond acceptors (Lipinski definition) is 6. The van der Waals surface area contributed by atoms with E-state index in [9.17, 15) is 0 Å². The Labute approximate surface area is 159 Å². The molecule has 2 aromatic heterocycles. The van der Waals surface area contributed by atoms with E-state index in [0.717, 1.165) is 42.7 Å². The predicted molar refractivity (Wildman–Crippen MR) is 106 cm³/mol. The van der Waals surface area contributed by atoms with Gasteiger partial charge in [0.05, 0.1) is 0 Å². The van der Waals surface area contributed by atoms with Crippen LogP contribution in [0.2, 0.25) is 0 Å². The smallest absolute Gasteiger partial charge is 0.230 e. The van der Waals surface area contributed by atoms with Crippen molar-refractivity contribution >= 4 is 17.6 Å². The van der Waals surface area contributed by atoms with Crippen molar-refractivity contribution in [3.05, 3.63) is 59.5 Å². The second-order valence-electron chi connectivity index (χ2n) is 7.26. The van der Waals surface area contributed by atoms with E-state index in [-0.39, 0.29) is 0 Å². The molecule has 0 saturated carbocycles. The molecule has 1 N–H and O–H groups in total. The second-order valence-corrected chi connectivity index (χ2v) is 7.26. The van der Waals surface area contributed by atoms with Crippen LogP contribution in [0.3, 0.4) is 0 Å². The second kappa shape index (κ2) is 7.78. The number of piperidine rings is 1. The fraction of sp³-hybridized carbons (Fsp3) is 0.381. The van der Waals surface area contributed by atoms with Gasteiger partial charge in [0.1, 0.15) is 11.6 Å². The summed E-state index contributed by atoms with van der Waals surface area (Å²) in [5.74, 6) is 3.66. The number of aromatic nitrogens is 3. The first kappa shape index (κ1) is 17.5. The molecule has 1 fully saturated rings. The maximum absolute atomic E-state index is 5.10. The third-order valence-electron chi connectivity index (χ3n) is 5.01. The number of benzene rings is 1. The molecule has 27 heavy (non-hydrogen) atoms. The summed E-state index contributed by atoms with van der Waals surface area (Å²) >= 11 is 0. The number of hydrogen-bond donors (Lipinski definition) is 1. The molecule has 0 spiro atoms. The van der Waals surface area contributed by atoms with Crippen molar-refractivity contribution in [1.82, 2.24) is 15.1 Å². The van der Waals surface area contributed by atoms with E-state index in [1.165, 1.54) is 18.4 Å². The largest absolute Gasteiger partial charge is 0.360 e. The zero-order valence-electron chi connectivity index (χ0n) is 15.9. The Balaban J connectivity index is 1.40. The molecule has 0 unspecified atom stereocenters. The highest BCUT2D eigenvalue weighted by Crippen LogP contribution is 2.26. The fourth-order valence-electron chi connectivity index (χ4n) is 3.62. The Kier molecular flexibility index (Phi) is 5.05. The van der Waals surface area contributed by atoms with Gasteiger partial charge in [-0.15, -0.1) is 0 Å². The first-order chi connectivity index (χ1) is 13.2. The summed E-state index contributed by atoms with van der Waals surface area (Å²) in [6.07, 6.45) is 3.53. The molecule has 0 bridgehead atoms. The quantitative estimate of drug-likeness (QED) is 0.730. The van der Waals surface area contributed by atoms with Crippen molar-refractivity contribution in [3.8, 4) is 0 Å². The monoisotopic (exact) mass is 363 g/mol. The van der Waals surface area contributed by atoms with Crippen LogP contribution in [0.4, 0.5) is 17.6 Å². The molecule has 6 nitrogen and oxygen atoms in total. The fourth-order valence-corrected chi connectivity index (χ4v) is 3.62. The van der Waals surface area contributed by atoms with Crippen molar-refractivity contribution in [1.29, 1.82) is 0 Å². The average Bonchev–Trinajstić information content (AvgIpc) is 3.07. The number of aryl methyl sites for hydroxylation is 2. The van der Waals surface area contributed by atoms with Crippen LogP contribution in [-0.4, -0.2) is 28.2 Å². The summed E-state index contributed by atoms with van der Waals surface area (Å²) in [7, 11) is 0. The Hall–Kier alpha value is -2.89. The maximum Gasteiger partial charge on any atom is 0.230 e. The summed E-state index contributed by atoms with van der Waals surface area (Å²) in [6.45, 7) is 5.90. The lowest BCUT2D eigenvalue weighted by atomic mass is 9.90. The van der Waals surface area contributed by atoms with Crippen LogP contribution in [0.25, 0.3) is 0 Å². The molecule has 1 aliphatic rings. The molecule has 4 rings (SSSR count). The number of nitrogens with one attached hydrogen (secondary N) is 1. The lowest BCUT2D eigenvalue weighted by Crippen LogP contribution is -2.35. The molecule has 0 aliphatic carbocycles. The van der Waals surface area contributed by atoms with E-state index < -0.39 is 0 Å². The SMILES string of the molecule is Cc1cc(N2CCC(Cc3ccccc3)CC2)nc(Nc2cc(C)on2)n1. The van der Waals surface area contributed by atoms with E-state index >= 15 is 0 Å². The molecule has 3 heterocycles. The van der Waals surface area contributed by atoms with Gasteiger partial charge in [-0.25, -0.2) is 4.98 Å². The minimum Gasteiger partial charge on any atom is -0.360 e. The Morgan fingerprint density at radius 2 is 1.85 bits per heavy atom. The molecule has 1 aromatic carbocycles. The zero-order valence-corrected chi connectivity index (χ0v) is 15.9. The van der Waals surface area contributed by atoms with Crippen molar-refractivity contribution in [2.24, 2.45) is 5.92 Å². The van der Waals surface area contributed by atoms with Crippen molar-refractivity contribution in [3.63, 3.8) is 0 Å². The third kappa shape index (κ3) is 4.45. The number of rotatable bonds is 5. The first-order valence-electron chi connectivity index (χ1n) is 9.50. The normalized spacial score (nSPS) is 15.1. The van der Waals surface area contributed by atoms with Crippen molar-refractivity contribution in [2.45, 2.75) is 33.1 Å². The zero-order chi connectivity index (χ0) is 18.6. The van der Waals surface area contributed by atoms with Crippen LogP contribution < -0.4 is 10.2 Å². The lowest BCUT2D eigenvalue weighted by Gasteiger charge is -2.33. The Morgan fingerprint density at radius 3 is 2.56 bits per heavy atom. The topological polar surface area (TPSA) is 67.1 Å². The molecule has 0 radical (unpaired) electrons. The van der Waals surface area contributed by atoms with E-state index in [1.54, 1.807) is 0 Å². The van der Waals surface area contributed by atoms with Gasteiger partial charge in [-0.2, -0.15) is 4.98 Å². The average molecular weight is 363 g/mol. The first-order valence-corrected chi connectivity index (χ1v) is 9.50. The molecular weight excluding hydrogens is 338 g/mol. The van der Waals surface area contributed by atoms with Gasteiger partial charge in [-0.3, -0.25) is 0 Å². The molecule has 1 aliphatic heterocycles. The standard InChI is InChI=1S/C21H25N5O/c1-15-12-20(24-21(22-15)23-19-13-16(2)27-25-19)26-10-8-18(9-11-26)14-17-6-4-3-5-7-17/h3-7,12-13,18H,8-11,14H2,1-2H3,(H,22,23,24,25). The van der Waals surface area contributed by atoms with Gasteiger partial charge in [0.15, 0.2) is 5.82 Å². The van der Waals surface area contributed by atoms with Crippen LogP contribution in [0, 0.1) is 19.8 Å². The Bertz CT molecular complexity index is 885. The predicted octanol–water partition coefficient (Wildman–Crippen LogP) is 4.28. The summed E-state index contributed by atoms with van der Waals surface area (Å²) < 4.78 is 5.10. The van der Waals surface area contributed by atoms with Gasteiger partial charge in [0.25, 0.3) is 0 Å². The van der Waals surface area contributed by atoms with E-state index in [4.69, 9.17) is 9.51 Å². The highest BCUT2D eigenvalue weighted by atomic mass is 16.5. The van der Waals surface area contributed by atoms with Gasteiger partial charge in [0, 0.05) is 30.9 Å². The van der Waals surface area contributed by atoms with Crippen LogP contribution >= 0.6 is 0 Å². The molecule has 6 heteroatoms. The number of anilines is 3. The summed E-state index contributed by atoms with van der Waals surface area (Å²) in [5, 5.41) is 7.09. The van der Waals surface area contributed by atoms with Crippen LogP contribution in [0.5, 0.6) is 0 Å². The molecule has 0 atom stereocenters. The molecule has 140 valence electrons. The van der Waals surface area contributed by atoms with Gasteiger partial charge in [-0.1, -0.05) is 35.5 Å². The van der Waals surface area contributed by atoms with Crippen LogP contribution in [0.1, 0.15) is 29.9 Å². The maximum atomic E-state index is 5.10. The molecule has 0 amide bonds. The summed E-state index contributed by atoms with van der Waals surface area (Å²) in [6, 6.07) is 14.7. The number of nitrogens with zero attached hydrogens (tertiary/aromatic N) is 4. The van der Waals surface area contributed by atoms with Gasteiger partial charge >= 0.3 is 0 Å². The van der Waals surface area contributed by atoms with E-state index in [2.05, 4.69) is 56.8 Å². The molecule has 3 aromatic rings.